The van der Waals surface area contributed by atoms with Crippen molar-refractivity contribution < 1.29 is 5.11 Å². The Kier molecular flexibility index (Phi) is 4.75. The molecule has 1 atom stereocenters. The fourth-order valence-corrected chi connectivity index (χ4v) is 3.00. The minimum absolute atomic E-state index is 0.127. The molecule has 2 rings (SSSR count). The highest BCUT2D eigenvalue weighted by Crippen LogP contribution is 2.32. The fourth-order valence-electron chi connectivity index (χ4n) is 3.00. The maximum atomic E-state index is 9.22. The number of piperidine rings is 1. The predicted octanol–water partition coefficient (Wildman–Crippen LogP) is 1.61. The topological polar surface area (TPSA) is 49.5 Å². The van der Waals surface area contributed by atoms with Crippen LogP contribution in [0.15, 0.2) is 30.3 Å². The summed E-state index contributed by atoms with van der Waals surface area (Å²) < 4.78 is 0. The number of benzene rings is 1. The molecule has 0 saturated carbocycles. The Labute approximate surface area is 110 Å². The lowest BCUT2D eigenvalue weighted by Crippen LogP contribution is -2.47. The summed E-state index contributed by atoms with van der Waals surface area (Å²) in [5.74, 6) is 0. The van der Waals surface area contributed by atoms with Gasteiger partial charge in [0.05, 0.1) is 0 Å². The average molecular weight is 248 g/mol. The minimum Gasteiger partial charge on any atom is -0.396 e. The lowest BCUT2D eigenvalue weighted by molar-refractivity contribution is 0.0644. The summed E-state index contributed by atoms with van der Waals surface area (Å²) in [6, 6.07) is 10.6. The van der Waals surface area contributed by atoms with E-state index < -0.39 is 0 Å². The van der Waals surface area contributed by atoms with Crippen LogP contribution in [0.25, 0.3) is 0 Å². The van der Waals surface area contributed by atoms with Gasteiger partial charge in [0.1, 0.15) is 0 Å². The Bertz CT molecular complexity index is 351. The van der Waals surface area contributed by atoms with Crippen molar-refractivity contribution in [1.82, 2.24) is 4.90 Å². The van der Waals surface area contributed by atoms with Crippen LogP contribution in [-0.4, -0.2) is 36.2 Å². The lowest BCUT2D eigenvalue weighted by atomic mass is 9.77. The third-order valence-electron chi connectivity index (χ3n) is 4.06. The second kappa shape index (κ2) is 6.32. The number of aliphatic hydroxyl groups excluding tert-OH is 1. The molecule has 0 amide bonds. The zero-order chi connectivity index (χ0) is 12.8. The number of hydrogen-bond acceptors (Lipinski definition) is 3. The molecule has 0 aliphatic carbocycles. The molecule has 0 bridgehead atoms. The molecule has 1 unspecified atom stereocenters. The molecule has 18 heavy (non-hydrogen) atoms. The first kappa shape index (κ1) is 13.5. The highest BCUT2D eigenvalue weighted by Gasteiger charge is 2.33. The molecule has 3 heteroatoms. The molecule has 1 aromatic rings. The lowest BCUT2D eigenvalue weighted by Gasteiger charge is -2.42. The Hall–Kier alpha value is -0.900. The third kappa shape index (κ3) is 3.31. The first-order chi connectivity index (χ1) is 8.78. The molecule has 1 heterocycles. The molecule has 1 aliphatic rings. The van der Waals surface area contributed by atoms with Crippen molar-refractivity contribution in [2.75, 3.05) is 26.2 Å². The molecular formula is C15H24N2O. The van der Waals surface area contributed by atoms with E-state index in [-0.39, 0.29) is 12.0 Å². The Morgan fingerprint density at radius 1 is 1.28 bits per heavy atom. The molecule has 100 valence electrons. The van der Waals surface area contributed by atoms with Crippen LogP contribution < -0.4 is 5.73 Å². The zero-order valence-electron chi connectivity index (χ0n) is 11.0. The number of nitrogens with two attached hydrogens (primary N) is 1. The van der Waals surface area contributed by atoms with Gasteiger partial charge >= 0.3 is 0 Å². The van der Waals surface area contributed by atoms with Crippen LogP contribution in [0.5, 0.6) is 0 Å². The summed E-state index contributed by atoms with van der Waals surface area (Å²) in [5.41, 5.74) is 7.42. The molecule has 0 radical (unpaired) electrons. The number of aliphatic hydroxyl groups is 1. The van der Waals surface area contributed by atoms with E-state index in [9.17, 15) is 5.11 Å². The summed E-state index contributed by atoms with van der Waals surface area (Å²) in [4.78, 5) is 2.47. The van der Waals surface area contributed by atoms with E-state index in [1.54, 1.807) is 0 Å². The van der Waals surface area contributed by atoms with Crippen molar-refractivity contribution in [2.45, 2.75) is 25.8 Å². The van der Waals surface area contributed by atoms with Crippen LogP contribution >= 0.6 is 0 Å². The van der Waals surface area contributed by atoms with Crippen molar-refractivity contribution in [2.24, 2.45) is 11.1 Å². The third-order valence-corrected chi connectivity index (χ3v) is 4.06. The van der Waals surface area contributed by atoms with Gasteiger partial charge in [-0.05, 0) is 43.3 Å². The van der Waals surface area contributed by atoms with Crippen molar-refractivity contribution in [3.63, 3.8) is 0 Å². The first-order valence-corrected chi connectivity index (χ1v) is 6.85. The Balaban J connectivity index is 1.98. The number of likely N-dealkylation sites (tertiary alicyclic amines) is 1. The van der Waals surface area contributed by atoms with Crippen LogP contribution in [0.4, 0.5) is 0 Å². The van der Waals surface area contributed by atoms with Gasteiger partial charge in [-0.2, -0.15) is 0 Å². The summed E-state index contributed by atoms with van der Waals surface area (Å²) in [6.07, 6.45) is 3.16. The van der Waals surface area contributed by atoms with Gasteiger partial charge in [0.2, 0.25) is 0 Å². The largest absolute Gasteiger partial charge is 0.396 e. The van der Waals surface area contributed by atoms with Crippen molar-refractivity contribution in [3.8, 4) is 0 Å². The van der Waals surface area contributed by atoms with Crippen LogP contribution in [0.1, 0.15) is 24.8 Å². The SMILES string of the molecule is NCC1(CCO)CCCN(Cc2ccccc2)C1. The molecule has 0 aromatic heterocycles. The van der Waals surface area contributed by atoms with Gasteiger partial charge in [0.15, 0.2) is 0 Å². The second-order valence-electron chi connectivity index (χ2n) is 5.48. The smallest absolute Gasteiger partial charge is 0.0437 e. The van der Waals surface area contributed by atoms with Crippen molar-refractivity contribution in [3.05, 3.63) is 35.9 Å². The van der Waals surface area contributed by atoms with E-state index in [0.717, 1.165) is 32.5 Å². The molecule has 1 aliphatic heterocycles. The van der Waals surface area contributed by atoms with Crippen LogP contribution in [-0.2, 0) is 6.54 Å². The van der Waals surface area contributed by atoms with Gasteiger partial charge in [-0.3, -0.25) is 4.90 Å². The quantitative estimate of drug-likeness (QED) is 0.832. The highest BCUT2D eigenvalue weighted by molar-refractivity contribution is 5.14. The molecule has 3 nitrogen and oxygen atoms in total. The molecule has 1 saturated heterocycles. The van der Waals surface area contributed by atoms with E-state index in [0.29, 0.717) is 6.54 Å². The van der Waals surface area contributed by atoms with Gasteiger partial charge in [-0.1, -0.05) is 30.3 Å². The van der Waals surface area contributed by atoms with Gasteiger partial charge < -0.3 is 10.8 Å². The van der Waals surface area contributed by atoms with Crippen LogP contribution in [0, 0.1) is 5.41 Å². The second-order valence-corrected chi connectivity index (χ2v) is 5.48. The Morgan fingerprint density at radius 2 is 2.06 bits per heavy atom. The Morgan fingerprint density at radius 3 is 2.72 bits per heavy atom. The highest BCUT2D eigenvalue weighted by atomic mass is 16.3. The standard InChI is InChI=1S/C15H24N2O/c16-12-15(8-10-18)7-4-9-17(13-15)11-14-5-2-1-3-6-14/h1-3,5-6,18H,4,7-13,16H2. The summed E-state index contributed by atoms with van der Waals surface area (Å²) >= 11 is 0. The maximum Gasteiger partial charge on any atom is 0.0437 e. The van der Waals surface area contributed by atoms with Gasteiger partial charge in [0, 0.05) is 19.7 Å². The molecule has 3 N–H and O–H groups in total. The van der Waals surface area contributed by atoms with E-state index in [1.807, 2.05) is 0 Å². The van der Waals surface area contributed by atoms with Gasteiger partial charge in [0.25, 0.3) is 0 Å². The number of nitrogens with zero attached hydrogens (tertiary/aromatic N) is 1. The van der Waals surface area contributed by atoms with Crippen LogP contribution in [0.2, 0.25) is 0 Å². The minimum atomic E-state index is 0.127. The van der Waals surface area contributed by atoms with E-state index in [2.05, 4.69) is 35.2 Å². The monoisotopic (exact) mass is 248 g/mol. The number of rotatable bonds is 5. The molecule has 0 spiro atoms. The summed E-state index contributed by atoms with van der Waals surface area (Å²) in [7, 11) is 0. The molecule has 1 aromatic carbocycles. The van der Waals surface area contributed by atoms with E-state index in [4.69, 9.17) is 5.73 Å². The number of hydrogen-bond donors (Lipinski definition) is 2. The van der Waals surface area contributed by atoms with Gasteiger partial charge in [-0.15, -0.1) is 0 Å². The van der Waals surface area contributed by atoms with E-state index >= 15 is 0 Å². The summed E-state index contributed by atoms with van der Waals surface area (Å²) in [5, 5.41) is 9.22. The fraction of sp³-hybridized carbons (Fsp3) is 0.600. The van der Waals surface area contributed by atoms with Crippen LogP contribution in [0.3, 0.4) is 0 Å². The molecular weight excluding hydrogens is 224 g/mol. The van der Waals surface area contributed by atoms with Crippen molar-refractivity contribution >= 4 is 0 Å². The summed E-state index contributed by atoms with van der Waals surface area (Å²) in [6.45, 7) is 4.07. The normalized spacial score (nSPS) is 25.2. The molecule has 1 fully saturated rings. The van der Waals surface area contributed by atoms with Gasteiger partial charge in [-0.25, -0.2) is 0 Å². The zero-order valence-corrected chi connectivity index (χ0v) is 11.0. The maximum absolute atomic E-state index is 9.22. The predicted molar refractivity (Wildman–Crippen MR) is 74.1 cm³/mol. The van der Waals surface area contributed by atoms with E-state index in [1.165, 1.54) is 12.0 Å². The first-order valence-electron chi connectivity index (χ1n) is 6.85. The average Bonchev–Trinajstić information content (AvgIpc) is 2.41. The van der Waals surface area contributed by atoms with Crippen molar-refractivity contribution in [1.29, 1.82) is 0 Å².